The van der Waals surface area contributed by atoms with Crippen LogP contribution in [0.25, 0.3) is 0 Å². The van der Waals surface area contributed by atoms with Crippen molar-refractivity contribution >= 4 is 5.97 Å². The summed E-state index contributed by atoms with van der Waals surface area (Å²) in [6.45, 7) is 20.9. The molecule has 0 aromatic heterocycles. The summed E-state index contributed by atoms with van der Waals surface area (Å²) in [4.78, 5) is 9.57. The molecular formula is C17H45NO2. The Morgan fingerprint density at radius 1 is 0.700 bits per heavy atom. The van der Waals surface area contributed by atoms with E-state index in [9.17, 15) is 4.79 Å². The first kappa shape index (κ1) is 36.6. The molecule has 3 nitrogen and oxygen atoms in total. The average Bonchev–Trinajstić information content (AvgIpc) is 1.99. The molecular weight excluding hydrogens is 250 g/mol. The molecule has 20 heavy (non-hydrogen) atoms. The number of carboxylic acid groups (broad SMARTS) is 1. The van der Waals surface area contributed by atoms with Crippen molar-refractivity contribution in [1.82, 2.24) is 0 Å². The lowest BCUT2D eigenvalue weighted by molar-refractivity contribution is -0.138. The Morgan fingerprint density at radius 3 is 0.750 bits per heavy atom. The fourth-order valence-electron chi connectivity index (χ4n) is 0. The highest BCUT2D eigenvalue weighted by molar-refractivity contribution is 5.72. The maximum absolute atomic E-state index is 9.57. The van der Waals surface area contributed by atoms with Gasteiger partial charge in [0.1, 0.15) is 6.04 Å². The van der Waals surface area contributed by atoms with Crippen LogP contribution in [0, 0.1) is 17.8 Å². The first-order valence-electron chi connectivity index (χ1n) is 6.82. The van der Waals surface area contributed by atoms with Crippen LogP contribution in [0.1, 0.15) is 84.1 Å². The second-order valence-corrected chi connectivity index (χ2v) is 6.32. The molecule has 1 unspecified atom stereocenters. The van der Waals surface area contributed by atoms with Crippen molar-refractivity contribution in [3.05, 3.63) is 0 Å². The maximum atomic E-state index is 9.57. The standard InChI is InChI=1S/3C4H10.C3H7NO2.2CH4/c3*1-4(2)3;1-2(4)3(5)6;;/h3*4H,1-3H3;2H,4H2,1H3,(H,5,6);2*1H4. The molecule has 0 aliphatic carbocycles. The quantitative estimate of drug-likeness (QED) is 0.654. The van der Waals surface area contributed by atoms with Gasteiger partial charge in [0.05, 0.1) is 0 Å². The molecule has 0 radical (unpaired) electrons. The highest BCUT2D eigenvalue weighted by Gasteiger charge is 1.99. The number of hydrogen-bond acceptors (Lipinski definition) is 2. The van der Waals surface area contributed by atoms with E-state index in [0.29, 0.717) is 0 Å². The molecule has 0 rings (SSSR count). The minimum Gasteiger partial charge on any atom is -0.480 e. The van der Waals surface area contributed by atoms with Crippen molar-refractivity contribution in [2.75, 3.05) is 0 Å². The van der Waals surface area contributed by atoms with Crippen LogP contribution in [0.5, 0.6) is 0 Å². The molecule has 0 aliphatic rings. The summed E-state index contributed by atoms with van der Waals surface area (Å²) in [5, 5.41) is 7.87. The number of hydrogen-bond donors (Lipinski definition) is 2. The van der Waals surface area contributed by atoms with Crippen LogP contribution in [0.2, 0.25) is 0 Å². The Morgan fingerprint density at radius 2 is 0.750 bits per heavy atom. The van der Waals surface area contributed by atoms with Gasteiger partial charge in [0.15, 0.2) is 0 Å². The van der Waals surface area contributed by atoms with Crippen LogP contribution in [0.4, 0.5) is 0 Å². The van der Waals surface area contributed by atoms with Crippen LogP contribution >= 0.6 is 0 Å². The summed E-state index contributed by atoms with van der Waals surface area (Å²) in [6.07, 6.45) is 0. The van der Waals surface area contributed by atoms with Crippen molar-refractivity contribution in [1.29, 1.82) is 0 Å². The van der Waals surface area contributed by atoms with Gasteiger partial charge in [-0.15, -0.1) is 0 Å². The van der Waals surface area contributed by atoms with Gasteiger partial charge in [0, 0.05) is 0 Å². The van der Waals surface area contributed by atoms with E-state index in [0.717, 1.165) is 17.8 Å². The van der Waals surface area contributed by atoms with Gasteiger partial charge in [-0.1, -0.05) is 77.2 Å². The first-order valence-corrected chi connectivity index (χ1v) is 6.82. The van der Waals surface area contributed by atoms with Crippen LogP contribution in [-0.4, -0.2) is 17.1 Å². The molecule has 0 aromatic rings. The molecule has 3 heteroatoms. The van der Waals surface area contributed by atoms with Crippen LogP contribution in [0.3, 0.4) is 0 Å². The zero-order valence-corrected chi connectivity index (χ0v) is 14.2. The van der Waals surface area contributed by atoms with Crippen molar-refractivity contribution in [3.8, 4) is 0 Å². The van der Waals surface area contributed by atoms with Gasteiger partial charge in [0.2, 0.25) is 0 Å². The zero-order valence-electron chi connectivity index (χ0n) is 14.2. The predicted molar refractivity (Wildman–Crippen MR) is 96.3 cm³/mol. The second kappa shape index (κ2) is 26.9. The summed E-state index contributed by atoms with van der Waals surface area (Å²) in [5.74, 6) is 1.54. The topological polar surface area (TPSA) is 63.3 Å². The van der Waals surface area contributed by atoms with E-state index in [2.05, 4.69) is 62.3 Å². The van der Waals surface area contributed by atoms with E-state index in [1.54, 1.807) is 0 Å². The van der Waals surface area contributed by atoms with Gasteiger partial charge in [-0.2, -0.15) is 0 Å². The highest BCUT2D eigenvalue weighted by Crippen LogP contribution is 1.81. The fraction of sp³-hybridized carbons (Fsp3) is 0.941. The smallest absolute Gasteiger partial charge is 0.320 e. The molecule has 0 saturated heterocycles. The summed E-state index contributed by atoms with van der Waals surface area (Å²) in [7, 11) is 0. The van der Waals surface area contributed by atoms with Crippen LogP contribution in [0.15, 0.2) is 0 Å². The van der Waals surface area contributed by atoms with Crippen molar-refractivity contribution in [2.24, 2.45) is 23.5 Å². The Kier molecular flexibility index (Phi) is 49.2. The van der Waals surface area contributed by atoms with Gasteiger partial charge in [-0.05, 0) is 24.7 Å². The second-order valence-electron chi connectivity index (χ2n) is 6.32. The van der Waals surface area contributed by atoms with Gasteiger partial charge in [-0.3, -0.25) is 4.79 Å². The molecule has 0 bridgehead atoms. The molecule has 0 saturated carbocycles. The summed E-state index contributed by atoms with van der Waals surface area (Å²) < 4.78 is 0. The third-order valence-corrected chi connectivity index (χ3v) is 0.390. The molecule has 0 aliphatic heterocycles. The van der Waals surface area contributed by atoms with E-state index in [1.807, 2.05) is 0 Å². The highest BCUT2D eigenvalue weighted by atomic mass is 16.4. The molecule has 0 spiro atoms. The zero-order chi connectivity index (χ0) is 15.9. The van der Waals surface area contributed by atoms with Crippen molar-refractivity contribution in [3.63, 3.8) is 0 Å². The van der Waals surface area contributed by atoms with E-state index in [-0.39, 0.29) is 14.9 Å². The lowest BCUT2D eigenvalue weighted by Crippen LogP contribution is -2.25. The molecule has 130 valence electrons. The van der Waals surface area contributed by atoms with E-state index in [4.69, 9.17) is 10.8 Å². The minimum absolute atomic E-state index is 0. The summed E-state index contributed by atoms with van der Waals surface area (Å²) in [6, 6.07) is -0.731. The Balaban J connectivity index is -0.0000000322. The van der Waals surface area contributed by atoms with Gasteiger partial charge in [0.25, 0.3) is 0 Å². The Hall–Kier alpha value is -0.570. The minimum atomic E-state index is -0.963. The SMILES string of the molecule is C.C.CC(C)C.CC(C)C.CC(C)C.CC(N)C(=O)O. The van der Waals surface area contributed by atoms with Crippen LogP contribution < -0.4 is 5.73 Å². The number of aliphatic carboxylic acids is 1. The molecule has 0 amide bonds. The molecule has 0 heterocycles. The molecule has 3 N–H and O–H groups in total. The van der Waals surface area contributed by atoms with Crippen molar-refractivity contribution in [2.45, 2.75) is 90.1 Å². The monoisotopic (exact) mass is 295 g/mol. The van der Waals surface area contributed by atoms with Gasteiger partial charge < -0.3 is 10.8 Å². The van der Waals surface area contributed by atoms with E-state index < -0.39 is 12.0 Å². The number of carbonyl (C=O) groups is 1. The third kappa shape index (κ3) is 400. The largest absolute Gasteiger partial charge is 0.480 e. The first-order chi connectivity index (χ1) is 7.84. The fourth-order valence-corrected chi connectivity index (χ4v) is 0. The van der Waals surface area contributed by atoms with Crippen molar-refractivity contribution < 1.29 is 9.90 Å². The Labute approximate surface area is 130 Å². The Bertz CT molecular complexity index is 131. The number of carboxylic acids is 1. The normalized spacial score (nSPS) is 9.50. The molecule has 0 aromatic carbocycles. The average molecular weight is 296 g/mol. The molecule has 1 atom stereocenters. The van der Waals surface area contributed by atoms with E-state index >= 15 is 0 Å². The lowest BCUT2D eigenvalue weighted by atomic mass is 10.3. The lowest BCUT2D eigenvalue weighted by Gasteiger charge is -1.90. The van der Waals surface area contributed by atoms with E-state index in [1.165, 1.54) is 6.92 Å². The maximum Gasteiger partial charge on any atom is 0.320 e. The number of rotatable bonds is 1. The van der Waals surface area contributed by atoms with Crippen LogP contribution in [-0.2, 0) is 4.79 Å². The van der Waals surface area contributed by atoms with Gasteiger partial charge in [-0.25, -0.2) is 0 Å². The third-order valence-electron chi connectivity index (χ3n) is 0.390. The number of nitrogens with two attached hydrogens (primary N) is 1. The predicted octanol–water partition coefficient (Wildman–Crippen LogP) is 5.68. The van der Waals surface area contributed by atoms with Gasteiger partial charge >= 0.3 is 5.97 Å². The summed E-state index contributed by atoms with van der Waals surface area (Å²) in [5.41, 5.74) is 4.84. The molecule has 0 fully saturated rings. The summed E-state index contributed by atoms with van der Waals surface area (Å²) >= 11 is 0.